The number of hydrogen-bond donors (Lipinski definition) is 2. The van der Waals surface area contributed by atoms with Crippen molar-refractivity contribution < 1.29 is 13.5 Å². The quantitative estimate of drug-likeness (QED) is 0.848. The fourth-order valence-corrected chi connectivity index (χ4v) is 3.90. The van der Waals surface area contributed by atoms with Gasteiger partial charge in [0.2, 0.25) is 10.0 Å². The molecular formula is C13H20ClNO3S. The van der Waals surface area contributed by atoms with Gasteiger partial charge in [0.1, 0.15) is 0 Å². The first kappa shape index (κ1) is 16.4. The molecule has 1 aromatic rings. The van der Waals surface area contributed by atoms with Crippen molar-refractivity contribution in [2.75, 3.05) is 6.61 Å². The molecule has 0 saturated carbocycles. The zero-order chi connectivity index (χ0) is 14.7. The van der Waals surface area contributed by atoms with Crippen molar-refractivity contribution in [3.05, 3.63) is 28.8 Å². The average molecular weight is 306 g/mol. The highest BCUT2D eigenvalue weighted by Gasteiger charge is 2.32. The summed E-state index contributed by atoms with van der Waals surface area (Å²) in [6.07, 6.45) is 1.03. The summed E-state index contributed by atoms with van der Waals surface area (Å²) in [7, 11) is -3.70. The highest BCUT2D eigenvalue weighted by molar-refractivity contribution is 7.89. The SMILES string of the molecule is CCC(CC)(CO)NS(=O)(=O)c1cc(Cl)ccc1C. The molecule has 0 unspecified atom stereocenters. The standard InChI is InChI=1S/C13H20ClNO3S/c1-4-13(5-2,9-16)15-19(17,18)12-8-11(14)7-6-10(12)3/h6-8,15-16H,4-5,9H2,1-3H3. The summed E-state index contributed by atoms with van der Waals surface area (Å²) < 4.78 is 27.4. The van der Waals surface area contributed by atoms with Crippen molar-refractivity contribution in [3.8, 4) is 0 Å². The van der Waals surface area contributed by atoms with E-state index in [4.69, 9.17) is 11.6 Å². The van der Waals surface area contributed by atoms with Gasteiger partial charge in [0.05, 0.1) is 17.0 Å². The van der Waals surface area contributed by atoms with E-state index in [0.717, 1.165) is 0 Å². The first-order valence-electron chi connectivity index (χ1n) is 6.21. The van der Waals surface area contributed by atoms with E-state index in [1.165, 1.54) is 6.07 Å². The van der Waals surface area contributed by atoms with Gasteiger partial charge < -0.3 is 5.11 Å². The van der Waals surface area contributed by atoms with Crippen LogP contribution in [0.4, 0.5) is 0 Å². The number of aliphatic hydroxyl groups excluding tert-OH is 1. The topological polar surface area (TPSA) is 66.4 Å². The third-order valence-corrected chi connectivity index (χ3v) is 5.40. The lowest BCUT2D eigenvalue weighted by molar-refractivity contribution is 0.172. The van der Waals surface area contributed by atoms with Gasteiger partial charge in [-0.25, -0.2) is 13.1 Å². The molecule has 108 valence electrons. The van der Waals surface area contributed by atoms with Crippen LogP contribution in [-0.2, 0) is 10.0 Å². The number of rotatable bonds is 6. The van der Waals surface area contributed by atoms with Gasteiger partial charge in [-0.15, -0.1) is 0 Å². The van der Waals surface area contributed by atoms with Crippen molar-refractivity contribution in [1.82, 2.24) is 4.72 Å². The lowest BCUT2D eigenvalue weighted by atomic mass is 9.96. The van der Waals surface area contributed by atoms with Crippen LogP contribution in [0.3, 0.4) is 0 Å². The monoisotopic (exact) mass is 305 g/mol. The molecule has 0 saturated heterocycles. The van der Waals surface area contributed by atoms with E-state index in [0.29, 0.717) is 23.4 Å². The maximum atomic E-state index is 12.4. The van der Waals surface area contributed by atoms with Gasteiger partial charge in [-0.2, -0.15) is 0 Å². The Balaban J connectivity index is 3.21. The number of sulfonamides is 1. The fraction of sp³-hybridized carbons (Fsp3) is 0.538. The molecule has 1 rings (SSSR count). The number of benzene rings is 1. The summed E-state index contributed by atoms with van der Waals surface area (Å²) in [5, 5.41) is 9.83. The Morgan fingerprint density at radius 1 is 1.32 bits per heavy atom. The minimum absolute atomic E-state index is 0.153. The van der Waals surface area contributed by atoms with Crippen molar-refractivity contribution in [1.29, 1.82) is 0 Å². The molecule has 0 amide bonds. The van der Waals surface area contributed by atoms with Gasteiger partial charge in [-0.3, -0.25) is 0 Å². The van der Waals surface area contributed by atoms with E-state index >= 15 is 0 Å². The van der Waals surface area contributed by atoms with Crippen LogP contribution >= 0.6 is 11.6 Å². The van der Waals surface area contributed by atoms with Gasteiger partial charge in [0.25, 0.3) is 0 Å². The summed E-state index contributed by atoms with van der Waals surface area (Å²) in [5.41, 5.74) is -0.205. The number of aryl methyl sites for hydroxylation is 1. The van der Waals surface area contributed by atoms with Gasteiger partial charge in [0.15, 0.2) is 0 Å². The van der Waals surface area contributed by atoms with Crippen LogP contribution in [0.15, 0.2) is 23.1 Å². The molecule has 0 fully saturated rings. The number of nitrogens with one attached hydrogen (secondary N) is 1. The third-order valence-electron chi connectivity index (χ3n) is 3.45. The smallest absolute Gasteiger partial charge is 0.241 e. The minimum Gasteiger partial charge on any atom is -0.394 e. The molecule has 19 heavy (non-hydrogen) atoms. The molecule has 6 heteroatoms. The zero-order valence-corrected chi connectivity index (χ0v) is 13.0. The fourth-order valence-electron chi connectivity index (χ4n) is 1.85. The Hall–Kier alpha value is -0.620. The second kappa shape index (κ2) is 6.22. The van der Waals surface area contributed by atoms with E-state index in [1.54, 1.807) is 19.1 Å². The second-order valence-electron chi connectivity index (χ2n) is 4.66. The van der Waals surface area contributed by atoms with Crippen LogP contribution in [0.2, 0.25) is 5.02 Å². The molecule has 2 N–H and O–H groups in total. The molecule has 0 heterocycles. The summed E-state index contributed by atoms with van der Waals surface area (Å²) in [6, 6.07) is 4.73. The Kier molecular flexibility index (Phi) is 5.38. The molecule has 0 aromatic heterocycles. The van der Waals surface area contributed by atoms with Crippen LogP contribution in [-0.4, -0.2) is 25.7 Å². The average Bonchev–Trinajstić information content (AvgIpc) is 2.39. The van der Waals surface area contributed by atoms with E-state index in [9.17, 15) is 13.5 Å². The van der Waals surface area contributed by atoms with Gasteiger partial charge in [-0.05, 0) is 37.5 Å². The second-order valence-corrected chi connectivity index (χ2v) is 6.75. The van der Waals surface area contributed by atoms with Crippen molar-refractivity contribution in [2.24, 2.45) is 0 Å². The third kappa shape index (κ3) is 3.69. The molecule has 0 spiro atoms. The largest absolute Gasteiger partial charge is 0.394 e. The molecule has 0 aliphatic rings. The Bertz CT molecular complexity index is 531. The Morgan fingerprint density at radius 3 is 2.37 bits per heavy atom. The molecule has 0 atom stereocenters. The summed E-state index contributed by atoms with van der Waals surface area (Å²) in [4.78, 5) is 0.153. The normalized spacial score (nSPS) is 12.7. The van der Waals surface area contributed by atoms with E-state index < -0.39 is 15.6 Å². The minimum atomic E-state index is -3.70. The molecule has 0 aliphatic carbocycles. The summed E-state index contributed by atoms with van der Waals surface area (Å²) in [5.74, 6) is 0. The van der Waals surface area contributed by atoms with Crippen LogP contribution in [0.5, 0.6) is 0 Å². The summed E-state index contributed by atoms with van der Waals surface area (Å²) >= 11 is 5.85. The lowest BCUT2D eigenvalue weighted by Crippen LogP contribution is -2.50. The van der Waals surface area contributed by atoms with Gasteiger partial charge in [-0.1, -0.05) is 31.5 Å². The maximum Gasteiger partial charge on any atom is 0.241 e. The van der Waals surface area contributed by atoms with Crippen molar-refractivity contribution in [3.63, 3.8) is 0 Å². The van der Waals surface area contributed by atoms with E-state index in [2.05, 4.69) is 4.72 Å². The van der Waals surface area contributed by atoms with Gasteiger partial charge in [0, 0.05) is 5.02 Å². The predicted molar refractivity (Wildman–Crippen MR) is 76.9 cm³/mol. The van der Waals surface area contributed by atoms with Crippen LogP contribution < -0.4 is 4.72 Å². The predicted octanol–water partition coefficient (Wildman–Crippen LogP) is 2.48. The lowest BCUT2D eigenvalue weighted by Gasteiger charge is -2.30. The molecule has 0 aliphatic heterocycles. The Labute approximate surface area is 119 Å². The van der Waals surface area contributed by atoms with Crippen LogP contribution in [0.25, 0.3) is 0 Å². The number of halogens is 1. The van der Waals surface area contributed by atoms with Crippen molar-refractivity contribution in [2.45, 2.75) is 44.0 Å². The highest BCUT2D eigenvalue weighted by Crippen LogP contribution is 2.23. The van der Waals surface area contributed by atoms with Crippen LogP contribution in [0.1, 0.15) is 32.3 Å². The molecular weight excluding hydrogens is 286 g/mol. The molecule has 1 aromatic carbocycles. The highest BCUT2D eigenvalue weighted by atomic mass is 35.5. The van der Waals surface area contributed by atoms with Crippen LogP contribution in [0, 0.1) is 6.92 Å². The van der Waals surface area contributed by atoms with E-state index in [1.807, 2.05) is 13.8 Å². The Morgan fingerprint density at radius 2 is 1.89 bits per heavy atom. The molecule has 0 bridgehead atoms. The van der Waals surface area contributed by atoms with Gasteiger partial charge >= 0.3 is 0 Å². The maximum absolute atomic E-state index is 12.4. The zero-order valence-electron chi connectivity index (χ0n) is 11.4. The van der Waals surface area contributed by atoms with Crippen molar-refractivity contribution >= 4 is 21.6 Å². The summed E-state index contributed by atoms with van der Waals surface area (Å²) in [6.45, 7) is 5.16. The number of aliphatic hydroxyl groups is 1. The van der Waals surface area contributed by atoms with E-state index in [-0.39, 0.29) is 11.5 Å². The number of hydrogen-bond acceptors (Lipinski definition) is 3. The first-order chi connectivity index (χ1) is 8.80. The first-order valence-corrected chi connectivity index (χ1v) is 8.07. The molecule has 0 radical (unpaired) electrons. The molecule has 4 nitrogen and oxygen atoms in total.